The summed E-state index contributed by atoms with van der Waals surface area (Å²) in [6.07, 6.45) is 7.92. The van der Waals surface area contributed by atoms with Crippen molar-refractivity contribution in [2.75, 3.05) is 6.26 Å². The monoisotopic (exact) mass is 282 g/mol. The molecule has 0 amide bonds. The van der Waals surface area contributed by atoms with E-state index < -0.39 is 0 Å². The maximum Gasteiger partial charge on any atom is 0.189 e. The minimum absolute atomic E-state index is 0.299. The van der Waals surface area contributed by atoms with Gasteiger partial charge in [0.15, 0.2) is 10.8 Å². The fourth-order valence-corrected chi connectivity index (χ4v) is 3.27. The van der Waals surface area contributed by atoms with Gasteiger partial charge in [0.25, 0.3) is 0 Å². The van der Waals surface area contributed by atoms with Crippen molar-refractivity contribution in [2.45, 2.75) is 24.0 Å². The molecule has 4 nitrogen and oxygen atoms in total. The molecular formula is C15H14N4S. The smallest absolute Gasteiger partial charge is 0.189 e. The Bertz CT molecular complexity index is 780. The molecule has 0 bridgehead atoms. The average Bonchev–Trinajstić information content (AvgIpc) is 3.09. The number of aromatic nitrogens is 4. The molecule has 0 aliphatic heterocycles. The predicted molar refractivity (Wildman–Crippen MR) is 80.0 cm³/mol. The highest BCUT2D eigenvalue weighted by Crippen LogP contribution is 2.35. The molecule has 0 fully saturated rings. The lowest BCUT2D eigenvalue weighted by atomic mass is 10.1. The van der Waals surface area contributed by atoms with Gasteiger partial charge in [-0.3, -0.25) is 0 Å². The third-order valence-electron chi connectivity index (χ3n) is 3.89. The van der Waals surface area contributed by atoms with Crippen LogP contribution in [0.5, 0.6) is 0 Å². The number of benzene rings is 1. The molecular weight excluding hydrogens is 268 g/mol. The van der Waals surface area contributed by atoms with Crippen molar-refractivity contribution < 1.29 is 0 Å². The van der Waals surface area contributed by atoms with Crippen molar-refractivity contribution in [3.05, 3.63) is 47.8 Å². The Kier molecular flexibility index (Phi) is 2.73. The van der Waals surface area contributed by atoms with E-state index in [0.29, 0.717) is 6.04 Å². The van der Waals surface area contributed by atoms with Crippen LogP contribution in [0, 0.1) is 0 Å². The van der Waals surface area contributed by atoms with Crippen LogP contribution >= 0.6 is 11.8 Å². The molecule has 100 valence electrons. The first kappa shape index (κ1) is 11.9. The van der Waals surface area contributed by atoms with Crippen LogP contribution in [-0.2, 0) is 6.42 Å². The number of aryl methyl sites for hydroxylation is 1. The average molecular weight is 282 g/mol. The molecule has 4 rings (SSSR count). The van der Waals surface area contributed by atoms with E-state index in [-0.39, 0.29) is 0 Å². The molecule has 0 spiro atoms. The summed E-state index contributed by atoms with van der Waals surface area (Å²) in [5.41, 5.74) is 3.74. The highest BCUT2D eigenvalue weighted by Gasteiger charge is 2.25. The minimum atomic E-state index is 0.299. The number of rotatable bonds is 2. The number of fused-ring (bicyclic) bond motifs is 2. The minimum Gasteiger partial charge on any atom is -0.240 e. The Labute approximate surface area is 121 Å². The van der Waals surface area contributed by atoms with Crippen molar-refractivity contribution in [1.29, 1.82) is 0 Å². The quantitative estimate of drug-likeness (QED) is 0.535. The van der Waals surface area contributed by atoms with Crippen LogP contribution in [-0.4, -0.2) is 26.0 Å². The Balaban J connectivity index is 1.87. The predicted octanol–water partition coefficient (Wildman–Crippen LogP) is 3.08. The molecule has 0 saturated heterocycles. The zero-order valence-electron chi connectivity index (χ0n) is 11.2. The molecule has 1 aliphatic carbocycles. The van der Waals surface area contributed by atoms with Crippen LogP contribution in [0.4, 0.5) is 0 Å². The van der Waals surface area contributed by atoms with Gasteiger partial charge in [-0.25, -0.2) is 14.6 Å². The summed E-state index contributed by atoms with van der Waals surface area (Å²) in [7, 11) is 0. The molecule has 1 aliphatic rings. The number of thioether (sulfide) groups is 1. The summed E-state index contributed by atoms with van der Waals surface area (Å²) in [6.45, 7) is 0. The number of hydrogen-bond acceptors (Lipinski definition) is 4. The van der Waals surface area contributed by atoms with Gasteiger partial charge in [0, 0.05) is 6.20 Å². The topological polar surface area (TPSA) is 43.6 Å². The Morgan fingerprint density at radius 2 is 2.15 bits per heavy atom. The molecule has 0 radical (unpaired) electrons. The van der Waals surface area contributed by atoms with Crippen molar-refractivity contribution in [2.24, 2.45) is 0 Å². The highest BCUT2D eigenvalue weighted by molar-refractivity contribution is 7.98. The van der Waals surface area contributed by atoms with Gasteiger partial charge in [-0.1, -0.05) is 36.0 Å². The molecule has 1 aromatic carbocycles. The van der Waals surface area contributed by atoms with Gasteiger partial charge in [0.1, 0.15) is 0 Å². The van der Waals surface area contributed by atoms with Gasteiger partial charge in [-0.2, -0.15) is 5.10 Å². The van der Waals surface area contributed by atoms with Crippen molar-refractivity contribution >= 4 is 22.8 Å². The summed E-state index contributed by atoms with van der Waals surface area (Å²) in [5.74, 6) is 0. The zero-order valence-corrected chi connectivity index (χ0v) is 12.0. The van der Waals surface area contributed by atoms with Crippen LogP contribution in [0.2, 0.25) is 0 Å². The van der Waals surface area contributed by atoms with Crippen molar-refractivity contribution in [1.82, 2.24) is 19.7 Å². The summed E-state index contributed by atoms with van der Waals surface area (Å²) in [6, 6.07) is 8.93. The van der Waals surface area contributed by atoms with Crippen LogP contribution in [0.15, 0.2) is 41.8 Å². The number of nitrogens with zero attached hydrogens (tertiary/aromatic N) is 4. The molecule has 0 saturated carbocycles. The zero-order chi connectivity index (χ0) is 13.5. The standard InChI is InChI=1S/C15H14N4S/c1-20-15-16-8-11-9-17-19(14(11)18-15)13-7-6-10-4-2-3-5-12(10)13/h2-5,8-9,13H,6-7H2,1H3/t13-/m0/s1. The molecule has 0 unspecified atom stereocenters. The second-order valence-corrected chi connectivity index (χ2v) is 5.75. The first-order valence-corrected chi connectivity index (χ1v) is 7.91. The number of hydrogen-bond donors (Lipinski definition) is 0. The van der Waals surface area contributed by atoms with Gasteiger partial charge in [-0.05, 0) is 30.2 Å². The first-order chi connectivity index (χ1) is 9.86. The van der Waals surface area contributed by atoms with Crippen molar-refractivity contribution in [3.63, 3.8) is 0 Å². The Morgan fingerprint density at radius 1 is 1.25 bits per heavy atom. The fourth-order valence-electron chi connectivity index (χ4n) is 2.94. The molecule has 2 aromatic heterocycles. The fraction of sp³-hybridized carbons (Fsp3) is 0.267. The van der Waals surface area contributed by atoms with Gasteiger partial charge < -0.3 is 0 Å². The van der Waals surface area contributed by atoms with Gasteiger partial charge in [0.2, 0.25) is 0 Å². The summed E-state index contributed by atoms with van der Waals surface area (Å²) < 4.78 is 2.06. The Morgan fingerprint density at radius 3 is 3.05 bits per heavy atom. The lowest BCUT2D eigenvalue weighted by Gasteiger charge is -2.13. The van der Waals surface area contributed by atoms with E-state index in [9.17, 15) is 0 Å². The second-order valence-electron chi connectivity index (χ2n) is 4.98. The largest absolute Gasteiger partial charge is 0.240 e. The van der Waals surface area contributed by atoms with E-state index in [2.05, 4.69) is 44.0 Å². The van der Waals surface area contributed by atoms with Crippen molar-refractivity contribution in [3.8, 4) is 0 Å². The molecule has 5 heteroatoms. The van der Waals surface area contributed by atoms with E-state index in [1.165, 1.54) is 11.1 Å². The van der Waals surface area contributed by atoms with E-state index >= 15 is 0 Å². The molecule has 3 aromatic rings. The third kappa shape index (κ3) is 1.73. The van der Waals surface area contributed by atoms with E-state index in [1.54, 1.807) is 11.8 Å². The normalized spacial score (nSPS) is 17.6. The van der Waals surface area contributed by atoms with E-state index in [1.807, 2.05) is 18.6 Å². The maximum absolute atomic E-state index is 4.62. The van der Waals surface area contributed by atoms with Gasteiger partial charge >= 0.3 is 0 Å². The maximum atomic E-state index is 4.62. The van der Waals surface area contributed by atoms with Crippen LogP contribution < -0.4 is 0 Å². The third-order valence-corrected chi connectivity index (χ3v) is 4.45. The SMILES string of the molecule is CSc1ncc2cnn([C@H]3CCc4ccccc43)c2n1. The van der Waals surface area contributed by atoms with Gasteiger partial charge in [-0.15, -0.1) is 0 Å². The van der Waals surface area contributed by atoms with E-state index in [4.69, 9.17) is 0 Å². The van der Waals surface area contributed by atoms with Crippen LogP contribution in [0.25, 0.3) is 11.0 Å². The lowest BCUT2D eigenvalue weighted by Crippen LogP contribution is -2.09. The summed E-state index contributed by atoms with van der Waals surface area (Å²) >= 11 is 1.56. The first-order valence-electron chi connectivity index (χ1n) is 6.69. The van der Waals surface area contributed by atoms with Gasteiger partial charge in [0.05, 0.1) is 17.6 Å². The van der Waals surface area contributed by atoms with Crippen LogP contribution in [0.1, 0.15) is 23.6 Å². The lowest BCUT2D eigenvalue weighted by molar-refractivity contribution is 0.531. The Hall–Kier alpha value is -1.88. The molecule has 20 heavy (non-hydrogen) atoms. The summed E-state index contributed by atoms with van der Waals surface area (Å²) in [5, 5.41) is 6.36. The molecule has 2 heterocycles. The second kappa shape index (κ2) is 4.59. The highest BCUT2D eigenvalue weighted by atomic mass is 32.2. The van der Waals surface area contributed by atoms with E-state index in [0.717, 1.165) is 29.0 Å². The summed E-state index contributed by atoms with van der Waals surface area (Å²) in [4.78, 5) is 8.93. The van der Waals surface area contributed by atoms with Crippen LogP contribution in [0.3, 0.4) is 0 Å². The molecule has 1 atom stereocenters. The molecule has 0 N–H and O–H groups in total.